The molecule has 0 aliphatic heterocycles. The highest BCUT2D eigenvalue weighted by molar-refractivity contribution is 4.92. The summed E-state index contributed by atoms with van der Waals surface area (Å²) in [6.45, 7) is 3.49. The molecular weight excluding hydrogens is 230 g/mol. The third-order valence-corrected chi connectivity index (χ3v) is 3.31. The lowest BCUT2D eigenvalue weighted by atomic mass is 10.1. The zero-order chi connectivity index (χ0) is 14.2. The molecule has 0 aromatic rings. The Labute approximate surface area is 121 Å². The standard InChI is InChI=1S/C18H35N/c1-4-5-6-7-8-9-10-11-12-13-14-15-16-17-18-19(2)3/h9-10,12-13H,4-8,11,14-18H2,1-3H3/b10-9-,13-12-. The Morgan fingerprint density at radius 2 is 1.26 bits per heavy atom. The Balaban J connectivity index is 3.18. The van der Waals surface area contributed by atoms with Gasteiger partial charge in [-0.3, -0.25) is 0 Å². The predicted molar refractivity (Wildman–Crippen MR) is 88.7 cm³/mol. The van der Waals surface area contributed by atoms with E-state index in [1.807, 2.05) is 0 Å². The lowest BCUT2D eigenvalue weighted by molar-refractivity contribution is 0.392. The number of nitrogens with zero attached hydrogens (tertiary/aromatic N) is 1. The average Bonchev–Trinajstić information content (AvgIpc) is 2.39. The van der Waals surface area contributed by atoms with Crippen LogP contribution in [0.3, 0.4) is 0 Å². The van der Waals surface area contributed by atoms with E-state index in [4.69, 9.17) is 0 Å². The topological polar surface area (TPSA) is 3.24 Å². The van der Waals surface area contributed by atoms with Crippen LogP contribution in [0.1, 0.15) is 71.1 Å². The summed E-state index contributed by atoms with van der Waals surface area (Å²) in [4.78, 5) is 2.27. The van der Waals surface area contributed by atoms with Gasteiger partial charge in [-0.05, 0) is 59.2 Å². The maximum Gasteiger partial charge on any atom is -0.00248 e. The van der Waals surface area contributed by atoms with Crippen molar-refractivity contribution < 1.29 is 0 Å². The minimum atomic E-state index is 1.12. The number of unbranched alkanes of at least 4 members (excludes halogenated alkanes) is 7. The number of hydrogen-bond acceptors (Lipinski definition) is 1. The molecule has 0 saturated heterocycles. The van der Waals surface area contributed by atoms with Crippen molar-refractivity contribution in [3.05, 3.63) is 24.3 Å². The van der Waals surface area contributed by atoms with Gasteiger partial charge in [-0.2, -0.15) is 0 Å². The van der Waals surface area contributed by atoms with Crippen molar-refractivity contribution in [2.75, 3.05) is 20.6 Å². The lowest BCUT2D eigenvalue weighted by Crippen LogP contribution is -2.12. The zero-order valence-corrected chi connectivity index (χ0v) is 13.5. The maximum atomic E-state index is 2.34. The predicted octanol–water partition coefficient (Wildman–Crippen LogP) is 5.58. The molecule has 0 heterocycles. The van der Waals surface area contributed by atoms with Gasteiger partial charge in [0.1, 0.15) is 0 Å². The van der Waals surface area contributed by atoms with Crippen LogP contribution < -0.4 is 0 Å². The smallest absolute Gasteiger partial charge is 0.00248 e. The summed E-state index contributed by atoms with van der Waals surface area (Å²) in [6.07, 6.45) is 22.4. The van der Waals surface area contributed by atoms with E-state index in [1.54, 1.807) is 0 Å². The lowest BCUT2D eigenvalue weighted by Gasteiger charge is -2.07. The fraction of sp³-hybridized carbons (Fsp3) is 0.778. The first-order valence-corrected chi connectivity index (χ1v) is 8.22. The quantitative estimate of drug-likeness (QED) is 0.310. The van der Waals surface area contributed by atoms with Crippen LogP contribution in [0.25, 0.3) is 0 Å². The van der Waals surface area contributed by atoms with Crippen LogP contribution in [0.15, 0.2) is 24.3 Å². The van der Waals surface area contributed by atoms with Crippen molar-refractivity contribution in [1.29, 1.82) is 0 Å². The molecule has 0 bridgehead atoms. The number of hydrogen-bond donors (Lipinski definition) is 0. The van der Waals surface area contributed by atoms with Crippen molar-refractivity contribution >= 4 is 0 Å². The van der Waals surface area contributed by atoms with Gasteiger partial charge in [-0.1, -0.05) is 56.9 Å². The monoisotopic (exact) mass is 265 g/mol. The molecule has 0 unspecified atom stereocenters. The van der Waals surface area contributed by atoms with Crippen molar-refractivity contribution in [2.24, 2.45) is 0 Å². The highest BCUT2D eigenvalue weighted by atomic mass is 15.0. The van der Waals surface area contributed by atoms with Crippen molar-refractivity contribution in [2.45, 2.75) is 71.1 Å². The second-order valence-corrected chi connectivity index (χ2v) is 5.68. The molecule has 0 aliphatic carbocycles. The Bertz CT molecular complexity index is 216. The Hall–Kier alpha value is -0.560. The van der Waals surface area contributed by atoms with Crippen LogP contribution in [-0.4, -0.2) is 25.5 Å². The highest BCUT2D eigenvalue weighted by Gasteiger charge is 1.89. The summed E-state index contributed by atoms with van der Waals surface area (Å²) in [7, 11) is 4.29. The molecule has 0 aromatic carbocycles. The van der Waals surface area contributed by atoms with E-state index in [0.29, 0.717) is 0 Å². The molecule has 0 N–H and O–H groups in total. The van der Waals surface area contributed by atoms with Gasteiger partial charge in [-0.15, -0.1) is 0 Å². The first-order valence-electron chi connectivity index (χ1n) is 8.22. The molecule has 1 nitrogen and oxygen atoms in total. The summed E-state index contributed by atoms with van der Waals surface area (Å²) in [5.74, 6) is 0. The van der Waals surface area contributed by atoms with E-state index in [9.17, 15) is 0 Å². The molecule has 0 radical (unpaired) electrons. The average molecular weight is 265 g/mol. The normalized spacial score (nSPS) is 12.2. The molecule has 112 valence electrons. The van der Waals surface area contributed by atoms with Crippen LogP contribution in [0, 0.1) is 0 Å². The largest absolute Gasteiger partial charge is 0.309 e. The van der Waals surface area contributed by atoms with E-state index in [1.165, 1.54) is 64.3 Å². The minimum Gasteiger partial charge on any atom is -0.309 e. The van der Waals surface area contributed by atoms with E-state index < -0.39 is 0 Å². The Kier molecular flexibility index (Phi) is 15.0. The molecule has 0 spiro atoms. The molecule has 0 rings (SSSR count). The van der Waals surface area contributed by atoms with Crippen LogP contribution in [0.2, 0.25) is 0 Å². The van der Waals surface area contributed by atoms with Crippen molar-refractivity contribution in [3.8, 4) is 0 Å². The molecular formula is C18H35N. The summed E-state index contributed by atoms with van der Waals surface area (Å²) < 4.78 is 0. The Morgan fingerprint density at radius 1 is 0.684 bits per heavy atom. The third kappa shape index (κ3) is 17.4. The molecule has 0 fully saturated rings. The van der Waals surface area contributed by atoms with E-state index in [0.717, 1.165) is 6.42 Å². The van der Waals surface area contributed by atoms with Gasteiger partial charge in [0, 0.05) is 0 Å². The summed E-state index contributed by atoms with van der Waals surface area (Å²) in [5, 5.41) is 0. The molecule has 0 aromatic heterocycles. The minimum absolute atomic E-state index is 1.12. The first-order chi connectivity index (χ1) is 9.27. The number of rotatable bonds is 13. The molecule has 19 heavy (non-hydrogen) atoms. The SMILES string of the molecule is CCCCCC/C=C\C/C=C\CCCCCN(C)C. The second kappa shape index (κ2) is 15.5. The molecule has 1 heteroatoms. The van der Waals surface area contributed by atoms with Crippen LogP contribution in [-0.2, 0) is 0 Å². The van der Waals surface area contributed by atoms with Gasteiger partial charge in [0.2, 0.25) is 0 Å². The highest BCUT2D eigenvalue weighted by Crippen LogP contribution is 2.04. The van der Waals surface area contributed by atoms with Gasteiger partial charge >= 0.3 is 0 Å². The second-order valence-electron chi connectivity index (χ2n) is 5.68. The van der Waals surface area contributed by atoms with Crippen LogP contribution in [0.4, 0.5) is 0 Å². The van der Waals surface area contributed by atoms with Gasteiger partial charge in [0.05, 0.1) is 0 Å². The first kappa shape index (κ1) is 18.4. The summed E-state index contributed by atoms with van der Waals surface area (Å²) in [6, 6.07) is 0. The zero-order valence-electron chi connectivity index (χ0n) is 13.5. The van der Waals surface area contributed by atoms with Gasteiger partial charge in [0.15, 0.2) is 0 Å². The third-order valence-electron chi connectivity index (χ3n) is 3.31. The molecule has 0 aliphatic rings. The number of allylic oxidation sites excluding steroid dienone is 4. The summed E-state index contributed by atoms with van der Waals surface area (Å²) in [5.41, 5.74) is 0. The van der Waals surface area contributed by atoms with Gasteiger partial charge < -0.3 is 4.90 Å². The maximum absolute atomic E-state index is 2.34. The van der Waals surface area contributed by atoms with E-state index in [2.05, 4.69) is 50.2 Å². The fourth-order valence-corrected chi connectivity index (χ4v) is 2.06. The van der Waals surface area contributed by atoms with Crippen LogP contribution >= 0.6 is 0 Å². The van der Waals surface area contributed by atoms with Gasteiger partial charge in [0.25, 0.3) is 0 Å². The van der Waals surface area contributed by atoms with E-state index >= 15 is 0 Å². The van der Waals surface area contributed by atoms with Crippen LogP contribution in [0.5, 0.6) is 0 Å². The fourth-order valence-electron chi connectivity index (χ4n) is 2.06. The summed E-state index contributed by atoms with van der Waals surface area (Å²) >= 11 is 0. The van der Waals surface area contributed by atoms with Gasteiger partial charge in [-0.25, -0.2) is 0 Å². The van der Waals surface area contributed by atoms with Crippen molar-refractivity contribution in [3.63, 3.8) is 0 Å². The molecule has 0 amide bonds. The van der Waals surface area contributed by atoms with Crippen molar-refractivity contribution in [1.82, 2.24) is 4.90 Å². The van der Waals surface area contributed by atoms with E-state index in [-0.39, 0.29) is 0 Å². The molecule has 0 atom stereocenters. The Morgan fingerprint density at radius 3 is 1.79 bits per heavy atom. The molecule has 0 saturated carbocycles.